The van der Waals surface area contributed by atoms with E-state index in [0.717, 1.165) is 91.9 Å². The lowest BCUT2D eigenvalue weighted by molar-refractivity contribution is -0.125. The van der Waals surface area contributed by atoms with E-state index in [2.05, 4.69) is 41.2 Å². The van der Waals surface area contributed by atoms with Crippen molar-refractivity contribution in [3.8, 4) is 10.6 Å². The third-order valence-corrected chi connectivity index (χ3v) is 7.37. The summed E-state index contributed by atoms with van der Waals surface area (Å²) in [5, 5.41) is 11.9. The summed E-state index contributed by atoms with van der Waals surface area (Å²) in [5.74, 6) is 1.18. The molecule has 0 bridgehead atoms. The first kappa shape index (κ1) is 21.7. The monoisotopic (exact) mass is 493 g/mol. The number of aromatic nitrogens is 2. The normalized spacial score (nSPS) is 18.5. The molecule has 2 fully saturated rings. The van der Waals surface area contributed by atoms with E-state index in [1.807, 2.05) is 24.3 Å². The van der Waals surface area contributed by atoms with Gasteiger partial charge in [-0.2, -0.15) is 0 Å². The molecule has 1 amide bonds. The van der Waals surface area contributed by atoms with Gasteiger partial charge in [-0.05, 0) is 66.0 Å². The number of carbonyl (C=O) groups is 1. The minimum absolute atomic E-state index is 0.0975. The molecule has 0 unspecified atom stereocenters. The number of ether oxygens (including phenoxy) is 1. The van der Waals surface area contributed by atoms with Crippen molar-refractivity contribution < 1.29 is 9.53 Å². The van der Waals surface area contributed by atoms with E-state index in [0.29, 0.717) is 0 Å². The highest BCUT2D eigenvalue weighted by atomic mass is 79.9. The van der Waals surface area contributed by atoms with Crippen LogP contribution >= 0.6 is 27.3 Å². The Hall–Kier alpha value is -1.55. The van der Waals surface area contributed by atoms with Gasteiger partial charge in [-0.3, -0.25) is 9.69 Å². The molecule has 0 spiro atoms. The van der Waals surface area contributed by atoms with Gasteiger partial charge >= 0.3 is 0 Å². The van der Waals surface area contributed by atoms with Crippen LogP contribution in [0.25, 0.3) is 10.6 Å². The summed E-state index contributed by atoms with van der Waals surface area (Å²) in [7, 11) is 0. The fourth-order valence-corrected chi connectivity index (χ4v) is 5.28. The van der Waals surface area contributed by atoms with Crippen molar-refractivity contribution in [2.75, 3.05) is 57.4 Å². The molecule has 0 aliphatic carbocycles. The summed E-state index contributed by atoms with van der Waals surface area (Å²) < 4.78 is 6.45. The van der Waals surface area contributed by atoms with Crippen LogP contribution in [0.2, 0.25) is 0 Å². The van der Waals surface area contributed by atoms with Crippen LogP contribution in [0.1, 0.15) is 19.3 Å². The molecule has 2 aliphatic rings. The first-order valence-corrected chi connectivity index (χ1v) is 12.2. The predicted octanol–water partition coefficient (Wildman–Crippen LogP) is 3.02. The van der Waals surface area contributed by atoms with Gasteiger partial charge in [0.15, 0.2) is 5.82 Å². The maximum atomic E-state index is 12.5. The third kappa shape index (κ3) is 5.78. The Morgan fingerprint density at radius 3 is 2.60 bits per heavy atom. The molecule has 4 heterocycles. The number of nitrogens with zero attached hydrogens (tertiary/aromatic N) is 4. The number of hydrogen-bond acceptors (Lipinski definition) is 7. The van der Waals surface area contributed by atoms with E-state index in [1.54, 1.807) is 11.3 Å². The summed E-state index contributed by atoms with van der Waals surface area (Å²) in [5.41, 5.74) is 0.890. The van der Waals surface area contributed by atoms with Gasteiger partial charge in [0.05, 0.1) is 21.9 Å². The smallest absolute Gasteiger partial charge is 0.223 e. The second-order valence-electron chi connectivity index (χ2n) is 7.74. The van der Waals surface area contributed by atoms with Crippen molar-refractivity contribution in [1.29, 1.82) is 0 Å². The highest BCUT2D eigenvalue weighted by molar-refractivity contribution is 9.11. The Labute approximate surface area is 189 Å². The van der Waals surface area contributed by atoms with Crippen LogP contribution in [0.4, 0.5) is 5.82 Å². The third-order valence-electron chi connectivity index (χ3n) is 5.72. The minimum atomic E-state index is 0.0975. The standard InChI is InChI=1S/C21H28BrN5O2S/c22-19-4-3-18(30-19)17-2-5-20(25-24-17)27-10-6-16(7-11-27)21(28)23-8-1-9-26-12-14-29-15-13-26/h2-5,16H,1,6-15H2,(H,23,28). The van der Waals surface area contributed by atoms with Crippen LogP contribution in [-0.2, 0) is 9.53 Å². The molecule has 0 saturated carbocycles. The lowest BCUT2D eigenvalue weighted by atomic mass is 9.96. The number of halogens is 1. The van der Waals surface area contributed by atoms with Gasteiger partial charge in [0, 0.05) is 38.6 Å². The number of piperidine rings is 1. The number of hydrogen-bond donors (Lipinski definition) is 1. The van der Waals surface area contributed by atoms with Crippen molar-refractivity contribution in [1.82, 2.24) is 20.4 Å². The molecule has 162 valence electrons. The zero-order chi connectivity index (χ0) is 20.8. The molecule has 1 N–H and O–H groups in total. The predicted molar refractivity (Wildman–Crippen MR) is 123 cm³/mol. The van der Waals surface area contributed by atoms with E-state index in [9.17, 15) is 4.79 Å². The molecule has 2 aliphatic heterocycles. The molecule has 7 nitrogen and oxygen atoms in total. The maximum absolute atomic E-state index is 12.5. The van der Waals surface area contributed by atoms with Crippen molar-refractivity contribution in [2.45, 2.75) is 19.3 Å². The Morgan fingerprint density at radius 2 is 1.93 bits per heavy atom. The van der Waals surface area contributed by atoms with Gasteiger partial charge in [-0.1, -0.05) is 0 Å². The van der Waals surface area contributed by atoms with Crippen LogP contribution in [0.5, 0.6) is 0 Å². The first-order chi connectivity index (χ1) is 14.7. The summed E-state index contributed by atoms with van der Waals surface area (Å²) in [6, 6.07) is 8.12. The largest absolute Gasteiger partial charge is 0.379 e. The van der Waals surface area contributed by atoms with E-state index in [1.165, 1.54) is 0 Å². The zero-order valence-electron chi connectivity index (χ0n) is 17.1. The highest BCUT2D eigenvalue weighted by Crippen LogP contribution is 2.30. The molecule has 2 aromatic heterocycles. The fourth-order valence-electron chi connectivity index (χ4n) is 3.93. The number of rotatable bonds is 7. The zero-order valence-corrected chi connectivity index (χ0v) is 19.5. The van der Waals surface area contributed by atoms with E-state index < -0.39 is 0 Å². The van der Waals surface area contributed by atoms with Gasteiger partial charge < -0.3 is 15.0 Å². The average Bonchev–Trinajstić information content (AvgIpc) is 3.24. The fraction of sp³-hybridized carbons (Fsp3) is 0.571. The van der Waals surface area contributed by atoms with Gasteiger partial charge in [0.25, 0.3) is 0 Å². The van der Waals surface area contributed by atoms with Crippen LogP contribution in [0, 0.1) is 5.92 Å². The summed E-state index contributed by atoms with van der Waals surface area (Å²) >= 11 is 5.13. The molecular formula is C21H28BrN5O2S. The second-order valence-corrected chi connectivity index (χ2v) is 10.2. The van der Waals surface area contributed by atoms with Gasteiger partial charge in [0.1, 0.15) is 5.69 Å². The number of nitrogens with one attached hydrogen (secondary N) is 1. The van der Waals surface area contributed by atoms with Gasteiger partial charge in [-0.15, -0.1) is 21.5 Å². The topological polar surface area (TPSA) is 70.6 Å². The minimum Gasteiger partial charge on any atom is -0.379 e. The maximum Gasteiger partial charge on any atom is 0.223 e. The number of morpholine rings is 1. The molecule has 0 aromatic carbocycles. The summed E-state index contributed by atoms with van der Waals surface area (Å²) in [6.07, 6.45) is 2.71. The number of anilines is 1. The van der Waals surface area contributed by atoms with E-state index in [-0.39, 0.29) is 11.8 Å². The molecule has 30 heavy (non-hydrogen) atoms. The number of amides is 1. The second kappa shape index (κ2) is 10.7. The van der Waals surface area contributed by atoms with Crippen LogP contribution in [0.15, 0.2) is 28.1 Å². The molecule has 0 radical (unpaired) electrons. The molecule has 2 aromatic rings. The van der Waals surface area contributed by atoms with Gasteiger partial charge in [0.2, 0.25) is 5.91 Å². The Bertz CT molecular complexity index is 817. The average molecular weight is 494 g/mol. The van der Waals surface area contributed by atoms with E-state index in [4.69, 9.17) is 4.74 Å². The molecule has 2 saturated heterocycles. The van der Waals surface area contributed by atoms with Crippen molar-refractivity contribution >= 4 is 39.0 Å². The summed E-state index contributed by atoms with van der Waals surface area (Å²) in [6.45, 7) is 7.10. The van der Waals surface area contributed by atoms with Crippen molar-refractivity contribution in [3.63, 3.8) is 0 Å². The Kier molecular flexibility index (Phi) is 7.70. The molecule has 9 heteroatoms. The van der Waals surface area contributed by atoms with Gasteiger partial charge in [-0.25, -0.2) is 0 Å². The quantitative estimate of drug-likeness (QED) is 0.597. The molecular weight excluding hydrogens is 466 g/mol. The van der Waals surface area contributed by atoms with Crippen LogP contribution in [0.3, 0.4) is 0 Å². The van der Waals surface area contributed by atoms with Crippen LogP contribution in [-0.4, -0.2) is 73.5 Å². The Balaban J connectivity index is 1.18. The van der Waals surface area contributed by atoms with Crippen molar-refractivity contribution in [3.05, 3.63) is 28.1 Å². The number of thiophene rings is 1. The Morgan fingerprint density at radius 1 is 1.13 bits per heavy atom. The van der Waals surface area contributed by atoms with Crippen LogP contribution < -0.4 is 10.2 Å². The number of carbonyl (C=O) groups excluding carboxylic acids is 1. The van der Waals surface area contributed by atoms with Crippen molar-refractivity contribution in [2.24, 2.45) is 5.92 Å². The molecule has 0 atom stereocenters. The lowest BCUT2D eigenvalue weighted by Gasteiger charge is -2.32. The SMILES string of the molecule is O=C(NCCCN1CCOCC1)C1CCN(c2ccc(-c3ccc(Br)s3)nn2)CC1. The highest BCUT2D eigenvalue weighted by Gasteiger charge is 2.25. The molecule has 4 rings (SSSR count). The summed E-state index contributed by atoms with van der Waals surface area (Å²) in [4.78, 5) is 18.2. The lowest BCUT2D eigenvalue weighted by Crippen LogP contribution is -2.42. The van der Waals surface area contributed by atoms with E-state index >= 15 is 0 Å². The first-order valence-electron chi connectivity index (χ1n) is 10.6.